The van der Waals surface area contributed by atoms with Gasteiger partial charge in [0, 0.05) is 41.9 Å². The fourth-order valence-corrected chi connectivity index (χ4v) is 3.27. The van der Waals surface area contributed by atoms with Gasteiger partial charge in [-0.1, -0.05) is 13.8 Å². The van der Waals surface area contributed by atoms with E-state index in [1.165, 1.54) is 12.4 Å². The molecule has 1 atom stereocenters. The van der Waals surface area contributed by atoms with Crippen molar-refractivity contribution in [2.45, 2.75) is 53.1 Å². The first-order valence-corrected chi connectivity index (χ1v) is 10.0. The van der Waals surface area contributed by atoms with Crippen LogP contribution in [0.3, 0.4) is 0 Å². The first-order chi connectivity index (χ1) is 14.5. The molecule has 0 aromatic carbocycles. The third-order valence-corrected chi connectivity index (χ3v) is 5.11. The van der Waals surface area contributed by atoms with Gasteiger partial charge < -0.3 is 15.0 Å². The zero-order valence-electron chi connectivity index (χ0n) is 18.2. The number of hydrogen-bond donors (Lipinski definition) is 1. The standard InChI is InChI=1S/C22H26F2N4O3/c1-12(2)19(29)27-18-17-10-28(21(30)16(17)6-7-25-18)14(4)15-8-13(3)20(26-9-15)31-11-22(5,23)24/h6-9,12,14H,10-11H2,1-5H3,(H,25,27,29). The topological polar surface area (TPSA) is 84.4 Å². The Kier molecular flexibility index (Phi) is 6.24. The number of hydrogen-bond acceptors (Lipinski definition) is 5. The molecule has 2 amide bonds. The molecular weight excluding hydrogens is 406 g/mol. The van der Waals surface area contributed by atoms with Crippen LogP contribution in [-0.4, -0.2) is 39.2 Å². The van der Waals surface area contributed by atoms with E-state index in [9.17, 15) is 18.4 Å². The second kappa shape index (κ2) is 8.56. The highest BCUT2D eigenvalue weighted by Gasteiger charge is 2.34. The summed E-state index contributed by atoms with van der Waals surface area (Å²) in [6, 6.07) is 3.08. The molecule has 9 heteroatoms. The van der Waals surface area contributed by atoms with Crippen LogP contribution < -0.4 is 10.1 Å². The average Bonchev–Trinajstić information content (AvgIpc) is 3.03. The predicted octanol–water partition coefficient (Wildman–Crippen LogP) is 4.13. The van der Waals surface area contributed by atoms with Crippen LogP contribution in [-0.2, 0) is 11.3 Å². The minimum absolute atomic E-state index is 0.136. The number of nitrogens with zero attached hydrogens (tertiary/aromatic N) is 3. The minimum Gasteiger partial charge on any atom is -0.471 e. The number of carbonyl (C=O) groups is 2. The van der Waals surface area contributed by atoms with Crippen LogP contribution in [0.2, 0.25) is 0 Å². The second-order valence-electron chi connectivity index (χ2n) is 8.19. The van der Waals surface area contributed by atoms with Crippen LogP contribution in [0.5, 0.6) is 5.88 Å². The van der Waals surface area contributed by atoms with E-state index in [-0.39, 0.29) is 36.2 Å². The Bertz CT molecular complexity index is 1000. The van der Waals surface area contributed by atoms with Gasteiger partial charge in [-0.15, -0.1) is 0 Å². The number of pyridine rings is 2. The highest BCUT2D eigenvalue weighted by molar-refractivity contribution is 6.01. The lowest BCUT2D eigenvalue weighted by Gasteiger charge is -2.25. The first kappa shape index (κ1) is 22.6. The van der Waals surface area contributed by atoms with Crippen LogP contribution in [0.4, 0.5) is 14.6 Å². The molecule has 0 spiro atoms. The molecule has 1 unspecified atom stereocenters. The van der Waals surface area contributed by atoms with E-state index < -0.39 is 12.5 Å². The van der Waals surface area contributed by atoms with E-state index in [0.29, 0.717) is 22.5 Å². The van der Waals surface area contributed by atoms with Crippen LogP contribution in [0.25, 0.3) is 0 Å². The Morgan fingerprint density at radius 2 is 2.03 bits per heavy atom. The summed E-state index contributed by atoms with van der Waals surface area (Å²) in [6.07, 6.45) is 3.03. The van der Waals surface area contributed by atoms with Crippen molar-refractivity contribution in [1.29, 1.82) is 0 Å². The maximum Gasteiger partial charge on any atom is 0.278 e. The molecule has 1 aliphatic rings. The van der Waals surface area contributed by atoms with Crippen molar-refractivity contribution >= 4 is 17.6 Å². The van der Waals surface area contributed by atoms with Crippen LogP contribution in [0.15, 0.2) is 24.5 Å². The molecule has 3 heterocycles. The van der Waals surface area contributed by atoms with E-state index in [0.717, 1.165) is 12.5 Å². The van der Waals surface area contributed by atoms with E-state index in [1.54, 1.807) is 37.8 Å². The van der Waals surface area contributed by atoms with Crippen LogP contribution in [0, 0.1) is 12.8 Å². The van der Waals surface area contributed by atoms with Gasteiger partial charge in [-0.3, -0.25) is 9.59 Å². The molecule has 0 aliphatic carbocycles. The fourth-order valence-electron chi connectivity index (χ4n) is 3.27. The van der Waals surface area contributed by atoms with E-state index in [4.69, 9.17) is 4.74 Å². The average molecular weight is 432 g/mol. The van der Waals surface area contributed by atoms with Gasteiger partial charge in [0.25, 0.3) is 11.8 Å². The summed E-state index contributed by atoms with van der Waals surface area (Å²) in [4.78, 5) is 35.2. The number of aryl methyl sites for hydroxylation is 1. The molecule has 2 aromatic rings. The van der Waals surface area contributed by atoms with Gasteiger partial charge in [0.1, 0.15) is 5.82 Å². The first-order valence-electron chi connectivity index (χ1n) is 10.0. The molecule has 0 fully saturated rings. The van der Waals surface area contributed by atoms with Crippen LogP contribution in [0.1, 0.15) is 60.8 Å². The molecule has 1 N–H and O–H groups in total. The monoisotopic (exact) mass is 432 g/mol. The largest absolute Gasteiger partial charge is 0.471 e. The van der Waals surface area contributed by atoms with Crippen molar-refractivity contribution in [1.82, 2.24) is 14.9 Å². The Labute approximate surface area is 179 Å². The van der Waals surface area contributed by atoms with Gasteiger partial charge >= 0.3 is 0 Å². The summed E-state index contributed by atoms with van der Waals surface area (Å²) in [5.41, 5.74) is 2.51. The van der Waals surface area contributed by atoms with Gasteiger partial charge in [-0.05, 0) is 31.5 Å². The van der Waals surface area contributed by atoms with Crippen molar-refractivity contribution in [3.05, 3.63) is 46.8 Å². The highest BCUT2D eigenvalue weighted by Crippen LogP contribution is 2.34. The van der Waals surface area contributed by atoms with Crippen molar-refractivity contribution in [3.63, 3.8) is 0 Å². The zero-order valence-corrected chi connectivity index (χ0v) is 18.2. The summed E-state index contributed by atoms with van der Waals surface area (Å²) in [7, 11) is 0. The van der Waals surface area contributed by atoms with Crippen molar-refractivity contribution in [2.24, 2.45) is 5.92 Å². The lowest BCUT2D eigenvalue weighted by molar-refractivity contribution is -0.118. The number of fused-ring (bicyclic) bond motifs is 1. The lowest BCUT2D eigenvalue weighted by Crippen LogP contribution is -2.27. The van der Waals surface area contributed by atoms with E-state index in [1.807, 2.05) is 6.92 Å². The van der Waals surface area contributed by atoms with Crippen molar-refractivity contribution in [2.75, 3.05) is 11.9 Å². The number of alkyl halides is 2. The molecular formula is C22H26F2N4O3. The van der Waals surface area contributed by atoms with Gasteiger partial charge in [0.15, 0.2) is 6.61 Å². The molecule has 166 valence electrons. The fraction of sp³-hybridized carbons (Fsp3) is 0.455. The van der Waals surface area contributed by atoms with Crippen molar-refractivity contribution < 1.29 is 23.1 Å². The number of amides is 2. The molecule has 0 radical (unpaired) electrons. The highest BCUT2D eigenvalue weighted by atomic mass is 19.3. The summed E-state index contributed by atoms with van der Waals surface area (Å²) < 4.78 is 31.2. The number of anilines is 1. The minimum atomic E-state index is -2.95. The van der Waals surface area contributed by atoms with Gasteiger partial charge in [0.05, 0.1) is 12.6 Å². The van der Waals surface area contributed by atoms with Gasteiger partial charge in [-0.2, -0.15) is 0 Å². The number of nitrogens with one attached hydrogen (secondary N) is 1. The summed E-state index contributed by atoms with van der Waals surface area (Å²) in [5, 5.41) is 2.79. The maximum absolute atomic E-state index is 13.1. The Morgan fingerprint density at radius 3 is 2.65 bits per heavy atom. The molecule has 3 rings (SSSR count). The smallest absolute Gasteiger partial charge is 0.278 e. The van der Waals surface area contributed by atoms with Gasteiger partial charge in [-0.25, -0.2) is 18.7 Å². The summed E-state index contributed by atoms with van der Waals surface area (Å²) in [6.45, 7) is 7.45. The number of halogens is 2. The molecule has 0 saturated heterocycles. The molecule has 0 bridgehead atoms. The zero-order chi connectivity index (χ0) is 22.9. The molecule has 1 aliphatic heterocycles. The lowest BCUT2D eigenvalue weighted by atomic mass is 10.1. The van der Waals surface area contributed by atoms with Gasteiger partial charge in [0.2, 0.25) is 11.8 Å². The summed E-state index contributed by atoms with van der Waals surface area (Å²) in [5.74, 6) is -2.99. The van der Waals surface area contributed by atoms with Crippen LogP contribution >= 0.6 is 0 Å². The number of carbonyl (C=O) groups excluding carboxylic acids is 2. The molecule has 31 heavy (non-hydrogen) atoms. The third-order valence-electron chi connectivity index (χ3n) is 5.11. The molecule has 2 aromatic heterocycles. The Hall–Kier alpha value is -3.10. The summed E-state index contributed by atoms with van der Waals surface area (Å²) >= 11 is 0. The SMILES string of the molecule is Cc1cc(C(C)N2Cc3c(ccnc3NC(=O)C(C)C)C2=O)cnc1OCC(C)(F)F. The molecule has 0 saturated carbocycles. The molecule has 7 nitrogen and oxygen atoms in total. The predicted molar refractivity (Wildman–Crippen MR) is 111 cm³/mol. The maximum atomic E-state index is 13.1. The third kappa shape index (κ3) is 4.98. The number of rotatable bonds is 7. The van der Waals surface area contributed by atoms with E-state index in [2.05, 4.69) is 15.3 Å². The quantitative estimate of drug-likeness (QED) is 0.711. The van der Waals surface area contributed by atoms with Crippen molar-refractivity contribution in [3.8, 4) is 5.88 Å². The number of aromatic nitrogens is 2. The Balaban J connectivity index is 1.80. The van der Waals surface area contributed by atoms with E-state index >= 15 is 0 Å². The number of ether oxygens (including phenoxy) is 1. The second-order valence-corrected chi connectivity index (χ2v) is 8.19. The normalized spacial score (nSPS) is 14.6. The Morgan fingerprint density at radius 1 is 1.32 bits per heavy atom.